The molecule has 5 heteroatoms. The van der Waals surface area contributed by atoms with Crippen LogP contribution in [0.15, 0.2) is 21.7 Å². The molecule has 0 spiro atoms. The fourth-order valence-electron chi connectivity index (χ4n) is 1.40. The predicted molar refractivity (Wildman–Crippen MR) is 64.1 cm³/mol. The molecule has 0 bridgehead atoms. The molecule has 1 rings (SSSR count). The van der Waals surface area contributed by atoms with Gasteiger partial charge in [0.1, 0.15) is 4.21 Å². The van der Waals surface area contributed by atoms with E-state index in [1.807, 2.05) is 13.8 Å². The van der Waals surface area contributed by atoms with E-state index in [1.165, 1.54) is 11.3 Å². The SMILES string of the molecule is CCNC(CC)CS(=O)(=O)c1cccs1. The van der Waals surface area contributed by atoms with Crippen LogP contribution < -0.4 is 5.32 Å². The summed E-state index contributed by atoms with van der Waals surface area (Å²) in [7, 11) is -3.09. The molecule has 0 aliphatic rings. The second-order valence-corrected chi connectivity index (χ2v) is 6.59. The number of hydrogen-bond donors (Lipinski definition) is 1. The summed E-state index contributed by atoms with van der Waals surface area (Å²) in [5.74, 6) is 0.192. The van der Waals surface area contributed by atoms with Gasteiger partial charge < -0.3 is 5.32 Å². The van der Waals surface area contributed by atoms with E-state index in [1.54, 1.807) is 17.5 Å². The number of thiophene rings is 1. The summed E-state index contributed by atoms with van der Waals surface area (Å²) in [5, 5.41) is 4.97. The van der Waals surface area contributed by atoms with E-state index < -0.39 is 9.84 Å². The average molecular weight is 247 g/mol. The minimum atomic E-state index is -3.09. The lowest BCUT2D eigenvalue weighted by Crippen LogP contribution is -2.34. The molecule has 0 fully saturated rings. The smallest absolute Gasteiger partial charge is 0.189 e. The zero-order valence-electron chi connectivity index (χ0n) is 9.06. The van der Waals surface area contributed by atoms with Crippen LogP contribution in [0.25, 0.3) is 0 Å². The molecule has 0 aromatic carbocycles. The molecule has 1 aromatic heterocycles. The van der Waals surface area contributed by atoms with Crippen LogP contribution in [0.2, 0.25) is 0 Å². The third kappa shape index (κ3) is 3.59. The summed E-state index contributed by atoms with van der Waals surface area (Å²) in [6.07, 6.45) is 0.832. The van der Waals surface area contributed by atoms with Crippen LogP contribution in [0, 0.1) is 0 Å². The lowest BCUT2D eigenvalue weighted by molar-refractivity contribution is 0.534. The van der Waals surface area contributed by atoms with Gasteiger partial charge in [0, 0.05) is 6.04 Å². The topological polar surface area (TPSA) is 46.2 Å². The van der Waals surface area contributed by atoms with E-state index >= 15 is 0 Å². The Kier molecular flexibility index (Phi) is 4.76. The molecule has 86 valence electrons. The van der Waals surface area contributed by atoms with Crippen LogP contribution in [0.1, 0.15) is 20.3 Å². The lowest BCUT2D eigenvalue weighted by atomic mass is 10.2. The van der Waals surface area contributed by atoms with Crippen molar-refractivity contribution in [1.82, 2.24) is 5.32 Å². The van der Waals surface area contributed by atoms with Crippen LogP contribution in [-0.4, -0.2) is 26.8 Å². The number of hydrogen-bond acceptors (Lipinski definition) is 4. The molecule has 0 aliphatic heterocycles. The van der Waals surface area contributed by atoms with Crippen LogP contribution in [0.3, 0.4) is 0 Å². The molecule has 1 aromatic rings. The van der Waals surface area contributed by atoms with Gasteiger partial charge in [0.25, 0.3) is 0 Å². The molecule has 15 heavy (non-hydrogen) atoms. The number of nitrogens with one attached hydrogen (secondary N) is 1. The Morgan fingerprint density at radius 2 is 2.20 bits per heavy atom. The highest BCUT2D eigenvalue weighted by molar-refractivity contribution is 7.93. The second kappa shape index (κ2) is 5.63. The van der Waals surface area contributed by atoms with Crippen LogP contribution in [-0.2, 0) is 9.84 Å². The van der Waals surface area contributed by atoms with Crippen LogP contribution in [0.5, 0.6) is 0 Å². The van der Waals surface area contributed by atoms with Gasteiger partial charge in [-0.25, -0.2) is 8.42 Å². The van der Waals surface area contributed by atoms with Gasteiger partial charge in [-0.15, -0.1) is 11.3 Å². The van der Waals surface area contributed by atoms with Crippen molar-refractivity contribution < 1.29 is 8.42 Å². The summed E-state index contributed by atoms with van der Waals surface area (Å²) >= 11 is 1.28. The number of sulfone groups is 1. The summed E-state index contributed by atoms with van der Waals surface area (Å²) in [4.78, 5) is 0. The molecular formula is C10H17NO2S2. The van der Waals surface area contributed by atoms with Gasteiger partial charge in [-0.2, -0.15) is 0 Å². The van der Waals surface area contributed by atoms with Crippen molar-refractivity contribution in [3.63, 3.8) is 0 Å². The summed E-state index contributed by atoms with van der Waals surface area (Å²) in [6, 6.07) is 3.49. The highest BCUT2D eigenvalue weighted by Gasteiger charge is 2.20. The predicted octanol–water partition coefficient (Wildman–Crippen LogP) is 1.91. The first-order valence-electron chi connectivity index (χ1n) is 5.09. The molecule has 0 saturated heterocycles. The van der Waals surface area contributed by atoms with Crippen molar-refractivity contribution in [3.8, 4) is 0 Å². The van der Waals surface area contributed by atoms with Crippen molar-refractivity contribution in [2.45, 2.75) is 30.5 Å². The first kappa shape index (κ1) is 12.7. The lowest BCUT2D eigenvalue weighted by Gasteiger charge is -2.14. The summed E-state index contributed by atoms with van der Waals surface area (Å²) in [5.41, 5.74) is 0. The Hall–Kier alpha value is -0.390. The van der Waals surface area contributed by atoms with Crippen molar-refractivity contribution in [1.29, 1.82) is 0 Å². The maximum atomic E-state index is 11.9. The van der Waals surface area contributed by atoms with E-state index in [4.69, 9.17) is 0 Å². The van der Waals surface area contributed by atoms with E-state index in [9.17, 15) is 8.42 Å². The van der Waals surface area contributed by atoms with Crippen molar-refractivity contribution in [2.75, 3.05) is 12.3 Å². The first-order valence-corrected chi connectivity index (χ1v) is 7.63. The van der Waals surface area contributed by atoms with Crippen LogP contribution in [0.4, 0.5) is 0 Å². The zero-order chi connectivity index (χ0) is 11.3. The normalized spacial score (nSPS) is 14.0. The minimum absolute atomic E-state index is 0.0575. The Labute approximate surface area is 95.4 Å². The van der Waals surface area contributed by atoms with Gasteiger partial charge >= 0.3 is 0 Å². The fraction of sp³-hybridized carbons (Fsp3) is 0.600. The van der Waals surface area contributed by atoms with Gasteiger partial charge in [0.2, 0.25) is 0 Å². The third-order valence-electron chi connectivity index (χ3n) is 2.21. The minimum Gasteiger partial charge on any atom is -0.313 e. The molecule has 0 amide bonds. The molecule has 1 heterocycles. The Balaban J connectivity index is 2.72. The summed E-state index contributed by atoms with van der Waals surface area (Å²) in [6.45, 7) is 4.79. The van der Waals surface area contributed by atoms with E-state index in [-0.39, 0.29) is 11.8 Å². The van der Waals surface area contributed by atoms with Crippen LogP contribution >= 0.6 is 11.3 Å². The van der Waals surface area contributed by atoms with Gasteiger partial charge in [-0.3, -0.25) is 0 Å². The van der Waals surface area contributed by atoms with Gasteiger partial charge in [-0.1, -0.05) is 19.9 Å². The maximum absolute atomic E-state index is 11.9. The average Bonchev–Trinajstić information content (AvgIpc) is 2.70. The van der Waals surface area contributed by atoms with E-state index in [0.717, 1.165) is 13.0 Å². The highest BCUT2D eigenvalue weighted by Crippen LogP contribution is 2.18. The monoisotopic (exact) mass is 247 g/mol. The van der Waals surface area contributed by atoms with Crippen molar-refractivity contribution in [2.24, 2.45) is 0 Å². The van der Waals surface area contributed by atoms with Gasteiger partial charge in [0.05, 0.1) is 5.75 Å². The van der Waals surface area contributed by atoms with E-state index in [0.29, 0.717) is 4.21 Å². The second-order valence-electron chi connectivity index (χ2n) is 3.38. The van der Waals surface area contributed by atoms with Gasteiger partial charge in [-0.05, 0) is 24.4 Å². The molecule has 0 aliphatic carbocycles. The third-order valence-corrected chi connectivity index (χ3v) is 5.51. The van der Waals surface area contributed by atoms with E-state index in [2.05, 4.69) is 5.32 Å². The molecule has 1 unspecified atom stereocenters. The van der Waals surface area contributed by atoms with Crippen molar-refractivity contribution >= 4 is 21.2 Å². The Morgan fingerprint density at radius 3 is 2.67 bits per heavy atom. The van der Waals surface area contributed by atoms with Gasteiger partial charge in [0.15, 0.2) is 9.84 Å². The number of rotatable bonds is 6. The molecule has 0 saturated carbocycles. The highest BCUT2D eigenvalue weighted by atomic mass is 32.2. The largest absolute Gasteiger partial charge is 0.313 e. The standard InChI is InChI=1S/C10H17NO2S2/c1-3-9(11-4-2)8-15(12,13)10-6-5-7-14-10/h5-7,9,11H,3-4,8H2,1-2H3. The summed E-state index contributed by atoms with van der Waals surface area (Å²) < 4.78 is 24.3. The zero-order valence-corrected chi connectivity index (χ0v) is 10.7. The quantitative estimate of drug-likeness (QED) is 0.835. The maximum Gasteiger partial charge on any atom is 0.189 e. The van der Waals surface area contributed by atoms with Crippen molar-refractivity contribution in [3.05, 3.63) is 17.5 Å². The molecule has 3 nitrogen and oxygen atoms in total. The molecule has 0 radical (unpaired) electrons. The Morgan fingerprint density at radius 1 is 1.47 bits per heavy atom. The first-order chi connectivity index (χ1) is 7.10. The fourth-order valence-corrected chi connectivity index (χ4v) is 4.14. The molecular weight excluding hydrogens is 230 g/mol. The molecule has 1 N–H and O–H groups in total. The molecule has 1 atom stereocenters. The Bertz CT molecular complexity index is 370.